The third-order valence-corrected chi connectivity index (χ3v) is 4.07. The maximum atomic E-state index is 13.0. The number of rotatable bonds is 2. The number of methoxy groups -OCH3 is 1. The van der Waals surface area contributed by atoms with Gasteiger partial charge >= 0.3 is 6.18 Å². The molecule has 1 aromatic carbocycles. The molecule has 2 N–H and O–H groups in total. The average Bonchev–Trinajstić information content (AvgIpc) is 2.53. The molecular weight excluding hydrogens is 323 g/mol. The molecule has 24 heavy (non-hydrogen) atoms. The normalized spacial score (nSPS) is 23.0. The van der Waals surface area contributed by atoms with Gasteiger partial charge in [0.25, 0.3) is 0 Å². The Bertz CT molecular complexity index is 741. The predicted octanol–water partition coefficient (Wildman–Crippen LogP) is 2.92. The van der Waals surface area contributed by atoms with Gasteiger partial charge in [-0.05, 0) is 12.1 Å². The number of halogens is 3. The number of carbonyl (C=O) groups is 1. The molecule has 0 aliphatic carbocycles. The molecule has 0 spiro atoms. The fourth-order valence-corrected chi connectivity index (χ4v) is 2.88. The van der Waals surface area contributed by atoms with E-state index in [1.165, 1.54) is 13.2 Å². The van der Waals surface area contributed by atoms with E-state index in [9.17, 15) is 18.0 Å². The van der Waals surface area contributed by atoms with Crippen molar-refractivity contribution >= 4 is 23.4 Å². The van der Waals surface area contributed by atoms with Gasteiger partial charge in [-0.15, -0.1) is 0 Å². The minimum absolute atomic E-state index is 0.134. The lowest BCUT2D eigenvalue weighted by molar-refractivity contribution is -0.132. The summed E-state index contributed by atoms with van der Waals surface area (Å²) in [6, 6.07) is 1.56. The van der Waals surface area contributed by atoms with Crippen LogP contribution in [0.2, 0.25) is 0 Å². The van der Waals surface area contributed by atoms with E-state index in [1.54, 1.807) is 12.1 Å². The molecule has 0 radical (unpaired) electrons. The minimum atomic E-state index is -4.40. The first-order valence-electron chi connectivity index (χ1n) is 7.40. The largest absolute Gasteiger partial charge is 0.495 e. The van der Waals surface area contributed by atoms with Gasteiger partial charge < -0.3 is 10.1 Å². The van der Waals surface area contributed by atoms with Crippen LogP contribution in [0.1, 0.15) is 24.5 Å². The number of hydrazone groups is 1. The lowest BCUT2D eigenvalue weighted by Gasteiger charge is -2.28. The molecular formula is C16H16F3N3O2. The molecule has 2 heterocycles. The van der Waals surface area contributed by atoms with Gasteiger partial charge in [-0.1, -0.05) is 19.1 Å². The zero-order chi connectivity index (χ0) is 17.5. The first-order chi connectivity index (χ1) is 11.3. The van der Waals surface area contributed by atoms with Gasteiger partial charge in [-0.25, -0.2) is 5.43 Å². The molecule has 0 saturated heterocycles. The summed E-state index contributed by atoms with van der Waals surface area (Å²) >= 11 is 0. The van der Waals surface area contributed by atoms with Crippen molar-refractivity contribution in [2.45, 2.75) is 25.6 Å². The number of benzene rings is 1. The Kier molecular flexibility index (Phi) is 3.98. The minimum Gasteiger partial charge on any atom is -0.495 e. The van der Waals surface area contributed by atoms with Crippen LogP contribution in [-0.4, -0.2) is 30.9 Å². The number of amides is 1. The Morgan fingerprint density at radius 2 is 2.08 bits per heavy atom. The van der Waals surface area contributed by atoms with Crippen LogP contribution in [-0.2, 0) is 4.79 Å². The quantitative estimate of drug-likeness (QED) is 0.871. The first-order valence-corrected chi connectivity index (χ1v) is 7.40. The van der Waals surface area contributed by atoms with Gasteiger partial charge in [0.2, 0.25) is 5.91 Å². The molecule has 0 aromatic heterocycles. The maximum Gasteiger partial charge on any atom is 0.412 e. The first kappa shape index (κ1) is 16.4. The Morgan fingerprint density at radius 1 is 1.33 bits per heavy atom. The number of nitrogens with one attached hydrogen (secondary N) is 2. The summed E-state index contributed by atoms with van der Waals surface area (Å²) < 4.78 is 44.2. The predicted molar refractivity (Wildman–Crippen MR) is 84.0 cm³/mol. The van der Waals surface area contributed by atoms with Crippen LogP contribution >= 0.6 is 0 Å². The number of ether oxygens (including phenoxy) is 1. The monoisotopic (exact) mass is 339 g/mol. The summed E-state index contributed by atoms with van der Waals surface area (Å²) in [5, 5.41) is 6.57. The number of hydrogen-bond acceptors (Lipinski definition) is 4. The lowest BCUT2D eigenvalue weighted by Crippen LogP contribution is -2.37. The summed E-state index contributed by atoms with van der Waals surface area (Å²) in [6.45, 7) is 1.85. The van der Waals surface area contributed by atoms with E-state index in [2.05, 4.69) is 15.8 Å². The van der Waals surface area contributed by atoms with Crippen LogP contribution in [0.4, 0.5) is 18.9 Å². The highest BCUT2D eigenvalue weighted by Crippen LogP contribution is 2.39. The van der Waals surface area contributed by atoms with Crippen molar-refractivity contribution in [2.75, 3.05) is 12.4 Å². The zero-order valence-electron chi connectivity index (χ0n) is 13.1. The van der Waals surface area contributed by atoms with Crippen LogP contribution in [0.5, 0.6) is 5.75 Å². The molecule has 0 saturated carbocycles. The Labute approximate surface area is 136 Å². The second kappa shape index (κ2) is 5.85. The molecule has 8 heteroatoms. The Hall–Kier alpha value is -2.51. The third-order valence-electron chi connectivity index (χ3n) is 4.07. The number of fused-ring (bicyclic) bond motifs is 1. The van der Waals surface area contributed by atoms with Crippen molar-refractivity contribution in [3.8, 4) is 5.75 Å². The topological polar surface area (TPSA) is 62.7 Å². The van der Waals surface area contributed by atoms with Crippen LogP contribution in [0, 0.1) is 5.92 Å². The van der Waals surface area contributed by atoms with Crippen molar-refractivity contribution in [1.29, 1.82) is 0 Å². The molecule has 2 unspecified atom stereocenters. The van der Waals surface area contributed by atoms with Crippen molar-refractivity contribution < 1.29 is 22.7 Å². The molecule has 5 nitrogen and oxygen atoms in total. The van der Waals surface area contributed by atoms with Gasteiger partial charge in [0.05, 0.1) is 18.5 Å². The van der Waals surface area contributed by atoms with Crippen molar-refractivity contribution in [3.63, 3.8) is 0 Å². The van der Waals surface area contributed by atoms with Gasteiger partial charge in [-0.2, -0.15) is 18.3 Å². The van der Waals surface area contributed by atoms with E-state index >= 15 is 0 Å². The number of carbonyl (C=O) groups excluding carboxylic acids is 1. The highest BCUT2D eigenvalue weighted by atomic mass is 19.4. The molecule has 2 atom stereocenters. The average molecular weight is 339 g/mol. The van der Waals surface area contributed by atoms with Gasteiger partial charge in [0.1, 0.15) is 11.8 Å². The summed E-state index contributed by atoms with van der Waals surface area (Å²) in [5.74, 6) is 0.00450. The van der Waals surface area contributed by atoms with E-state index in [4.69, 9.17) is 4.74 Å². The summed E-state index contributed by atoms with van der Waals surface area (Å²) in [4.78, 5) is 11.4. The SMILES string of the molecule is COc1ccc(C2=NNC(=O)CC2C)c2c1NC(C(F)(F)F)C=C2. The summed E-state index contributed by atoms with van der Waals surface area (Å²) in [6.07, 6.45) is -1.63. The van der Waals surface area contributed by atoms with Crippen molar-refractivity contribution in [2.24, 2.45) is 11.0 Å². The van der Waals surface area contributed by atoms with Crippen LogP contribution in [0.3, 0.4) is 0 Å². The Morgan fingerprint density at radius 3 is 2.71 bits per heavy atom. The number of nitrogens with zero attached hydrogens (tertiary/aromatic N) is 1. The number of alkyl halides is 3. The zero-order valence-corrected chi connectivity index (χ0v) is 13.1. The highest BCUT2D eigenvalue weighted by molar-refractivity contribution is 6.09. The highest BCUT2D eigenvalue weighted by Gasteiger charge is 2.40. The van der Waals surface area contributed by atoms with Crippen LogP contribution < -0.4 is 15.5 Å². The van der Waals surface area contributed by atoms with E-state index in [-0.39, 0.29) is 23.9 Å². The molecule has 1 aromatic rings. The molecule has 128 valence electrons. The standard InChI is InChI=1S/C16H16F3N3O2/c1-8-7-13(23)21-22-14(8)9-3-5-11(24-2)15-10(9)4-6-12(20-15)16(17,18)19/h3-6,8,12,20H,7H2,1-2H3,(H,21,23). The molecule has 0 bridgehead atoms. The van der Waals surface area contributed by atoms with E-state index < -0.39 is 12.2 Å². The molecule has 3 rings (SSSR count). The van der Waals surface area contributed by atoms with Gasteiger partial charge in [0.15, 0.2) is 0 Å². The van der Waals surface area contributed by atoms with Gasteiger partial charge in [-0.3, -0.25) is 4.79 Å². The van der Waals surface area contributed by atoms with Crippen molar-refractivity contribution in [1.82, 2.24) is 5.43 Å². The van der Waals surface area contributed by atoms with Gasteiger partial charge in [0, 0.05) is 23.5 Å². The van der Waals surface area contributed by atoms with E-state index in [0.29, 0.717) is 22.6 Å². The van der Waals surface area contributed by atoms with Crippen LogP contribution in [0.15, 0.2) is 23.3 Å². The Balaban J connectivity index is 2.09. The molecule has 0 fully saturated rings. The molecule has 2 aliphatic rings. The van der Waals surface area contributed by atoms with Crippen molar-refractivity contribution in [3.05, 3.63) is 29.3 Å². The van der Waals surface area contributed by atoms with E-state index in [0.717, 1.165) is 6.08 Å². The molecule has 1 amide bonds. The second-order valence-corrected chi connectivity index (χ2v) is 5.76. The second-order valence-electron chi connectivity index (χ2n) is 5.76. The van der Waals surface area contributed by atoms with Crippen LogP contribution in [0.25, 0.3) is 6.08 Å². The molecule has 2 aliphatic heterocycles. The summed E-state index contributed by atoms with van der Waals surface area (Å²) in [5.41, 5.74) is 4.56. The number of hydrogen-bond donors (Lipinski definition) is 2. The summed E-state index contributed by atoms with van der Waals surface area (Å²) in [7, 11) is 1.40. The smallest absolute Gasteiger partial charge is 0.412 e. The number of anilines is 1. The fourth-order valence-electron chi connectivity index (χ4n) is 2.88. The maximum absolute atomic E-state index is 13.0. The van der Waals surface area contributed by atoms with E-state index in [1.807, 2.05) is 6.92 Å². The third kappa shape index (κ3) is 2.83. The fraction of sp³-hybridized carbons (Fsp3) is 0.375. The lowest BCUT2D eigenvalue weighted by atomic mass is 9.88.